The van der Waals surface area contributed by atoms with Gasteiger partial charge in [-0.15, -0.1) is 0 Å². The molecular formula is C21H24N6O2. The van der Waals surface area contributed by atoms with Crippen LogP contribution < -0.4 is 4.90 Å². The van der Waals surface area contributed by atoms with Gasteiger partial charge in [0.05, 0.1) is 0 Å². The Kier molecular flexibility index (Phi) is 5.79. The first-order valence-corrected chi connectivity index (χ1v) is 9.94. The zero-order valence-corrected chi connectivity index (χ0v) is 16.5. The molecule has 150 valence electrons. The molecule has 1 saturated heterocycles. The lowest BCUT2D eigenvalue weighted by Crippen LogP contribution is -2.49. The van der Waals surface area contributed by atoms with Crippen LogP contribution in [0.5, 0.6) is 0 Å². The van der Waals surface area contributed by atoms with Crippen molar-refractivity contribution >= 4 is 11.9 Å². The number of piperazine rings is 1. The first-order valence-electron chi connectivity index (χ1n) is 9.94. The van der Waals surface area contributed by atoms with Gasteiger partial charge in [0.15, 0.2) is 0 Å². The third kappa shape index (κ3) is 4.59. The van der Waals surface area contributed by atoms with Crippen molar-refractivity contribution in [3.8, 4) is 11.4 Å². The summed E-state index contributed by atoms with van der Waals surface area (Å²) in [6.45, 7) is 4.90. The second kappa shape index (κ2) is 8.81. The lowest BCUT2D eigenvalue weighted by atomic mass is 10.1. The minimum atomic E-state index is 0.102. The molecule has 0 atom stereocenters. The van der Waals surface area contributed by atoms with E-state index in [1.807, 2.05) is 17.0 Å². The molecule has 1 aromatic carbocycles. The molecule has 8 heteroatoms. The molecule has 1 fully saturated rings. The number of anilines is 1. The second-order valence-electron chi connectivity index (χ2n) is 6.98. The largest absolute Gasteiger partial charge is 0.339 e. The number of nitrogens with zero attached hydrogens (tertiary/aromatic N) is 6. The average Bonchev–Trinajstić information content (AvgIpc) is 3.27. The first-order chi connectivity index (χ1) is 14.2. The van der Waals surface area contributed by atoms with Gasteiger partial charge in [0, 0.05) is 57.0 Å². The molecule has 0 N–H and O–H groups in total. The monoisotopic (exact) mass is 392 g/mol. The van der Waals surface area contributed by atoms with Gasteiger partial charge in [-0.2, -0.15) is 4.98 Å². The lowest BCUT2D eigenvalue weighted by Gasteiger charge is -2.34. The number of benzene rings is 1. The number of aryl methyl sites for hydroxylation is 2. The Morgan fingerprint density at radius 3 is 2.48 bits per heavy atom. The summed E-state index contributed by atoms with van der Waals surface area (Å²) >= 11 is 0. The Bertz CT molecular complexity index is 933. The van der Waals surface area contributed by atoms with Gasteiger partial charge in [0.25, 0.3) is 0 Å². The van der Waals surface area contributed by atoms with E-state index in [0.717, 1.165) is 25.1 Å². The highest BCUT2D eigenvalue weighted by Gasteiger charge is 2.22. The molecule has 2 aromatic heterocycles. The van der Waals surface area contributed by atoms with E-state index in [0.29, 0.717) is 43.6 Å². The zero-order chi connectivity index (χ0) is 20.1. The van der Waals surface area contributed by atoms with Crippen LogP contribution >= 0.6 is 0 Å². The summed E-state index contributed by atoms with van der Waals surface area (Å²) in [6, 6.07) is 9.92. The van der Waals surface area contributed by atoms with E-state index >= 15 is 0 Å². The van der Waals surface area contributed by atoms with E-state index < -0.39 is 0 Å². The van der Waals surface area contributed by atoms with Gasteiger partial charge < -0.3 is 14.3 Å². The number of carbonyl (C=O) groups excluding carboxylic acids is 1. The number of hydrogen-bond donors (Lipinski definition) is 0. The maximum atomic E-state index is 12.5. The fraction of sp³-hybridized carbons (Fsp3) is 0.381. The normalized spacial score (nSPS) is 14.2. The van der Waals surface area contributed by atoms with Gasteiger partial charge in [0.2, 0.25) is 23.6 Å². The van der Waals surface area contributed by atoms with Crippen LogP contribution in [0.4, 0.5) is 5.95 Å². The van der Waals surface area contributed by atoms with Crippen molar-refractivity contribution in [3.63, 3.8) is 0 Å². The molecule has 0 unspecified atom stereocenters. The molecule has 3 heterocycles. The quantitative estimate of drug-likeness (QED) is 0.636. The summed E-state index contributed by atoms with van der Waals surface area (Å²) in [6.07, 6.45) is 5.26. The molecule has 29 heavy (non-hydrogen) atoms. The SMILES string of the molecule is CCc1ccc(-c2noc(CCC(=O)N3CCN(c4ncccn4)CC3)n2)cc1. The maximum absolute atomic E-state index is 12.5. The molecule has 4 rings (SSSR count). The minimum Gasteiger partial charge on any atom is -0.339 e. The summed E-state index contributed by atoms with van der Waals surface area (Å²) in [7, 11) is 0. The van der Waals surface area contributed by atoms with Crippen LogP contribution in [0.15, 0.2) is 47.2 Å². The van der Waals surface area contributed by atoms with Gasteiger partial charge in [-0.1, -0.05) is 36.3 Å². The summed E-state index contributed by atoms with van der Waals surface area (Å²) in [5, 5.41) is 4.04. The van der Waals surface area contributed by atoms with Crippen LogP contribution in [0.1, 0.15) is 24.8 Å². The third-order valence-electron chi connectivity index (χ3n) is 5.11. The van der Waals surface area contributed by atoms with Gasteiger partial charge >= 0.3 is 0 Å². The Hall–Kier alpha value is -3.29. The highest BCUT2D eigenvalue weighted by molar-refractivity contribution is 5.76. The van der Waals surface area contributed by atoms with Crippen molar-refractivity contribution in [1.82, 2.24) is 25.0 Å². The molecule has 8 nitrogen and oxygen atoms in total. The van der Waals surface area contributed by atoms with Gasteiger partial charge in [-0.05, 0) is 18.1 Å². The summed E-state index contributed by atoms with van der Waals surface area (Å²) < 4.78 is 5.33. The Balaban J connectivity index is 1.27. The zero-order valence-electron chi connectivity index (χ0n) is 16.5. The van der Waals surface area contributed by atoms with Crippen LogP contribution in [0.2, 0.25) is 0 Å². The van der Waals surface area contributed by atoms with Gasteiger partial charge in [-0.3, -0.25) is 4.79 Å². The van der Waals surface area contributed by atoms with Crippen LogP contribution in [-0.2, 0) is 17.6 Å². The number of aromatic nitrogens is 4. The highest BCUT2D eigenvalue weighted by atomic mass is 16.5. The number of rotatable bonds is 6. The standard InChI is InChI=1S/C21H24N6O2/c1-2-16-4-6-17(7-5-16)20-24-18(29-25-20)8-9-19(28)26-12-14-27(15-13-26)21-22-10-3-11-23-21/h3-7,10-11H,2,8-9,12-15H2,1H3. The highest BCUT2D eigenvalue weighted by Crippen LogP contribution is 2.18. The third-order valence-corrected chi connectivity index (χ3v) is 5.11. The smallest absolute Gasteiger partial charge is 0.227 e. The summed E-state index contributed by atoms with van der Waals surface area (Å²) in [5.41, 5.74) is 2.18. The summed E-state index contributed by atoms with van der Waals surface area (Å²) in [5.74, 6) is 1.87. The Labute approximate surface area is 169 Å². The maximum Gasteiger partial charge on any atom is 0.227 e. The predicted molar refractivity (Wildman–Crippen MR) is 108 cm³/mol. The van der Waals surface area contributed by atoms with Crippen molar-refractivity contribution in [1.29, 1.82) is 0 Å². The molecule has 0 bridgehead atoms. The van der Waals surface area contributed by atoms with Crippen LogP contribution in [0, 0.1) is 0 Å². The number of carbonyl (C=O) groups is 1. The van der Waals surface area contributed by atoms with Gasteiger partial charge in [0.1, 0.15) is 0 Å². The van der Waals surface area contributed by atoms with Crippen LogP contribution in [0.3, 0.4) is 0 Å². The molecule has 1 amide bonds. The van der Waals surface area contributed by atoms with E-state index in [-0.39, 0.29) is 5.91 Å². The molecule has 1 aliphatic heterocycles. The van der Waals surface area contributed by atoms with Crippen LogP contribution in [-0.4, -0.2) is 57.1 Å². The molecule has 3 aromatic rings. The minimum absolute atomic E-state index is 0.102. The van der Waals surface area contributed by atoms with E-state index in [9.17, 15) is 4.79 Å². The Morgan fingerprint density at radius 2 is 1.79 bits per heavy atom. The fourth-order valence-corrected chi connectivity index (χ4v) is 3.35. The van der Waals surface area contributed by atoms with Crippen molar-refractivity contribution in [3.05, 3.63) is 54.2 Å². The van der Waals surface area contributed by atoms with E-state index in [4.69, 9.17) is 4.52 Å². The predicted octanol–water partition coefficient (Wildman–Crippen LogP) is 2.37. The van der Waals surface area contributed by atoms with Crippen molar-refractivity contribution in [2.75, 3.05) is 31.1 Å². The van der Waals surface area contributed by atoms with E-state index in [2.05, 4.69) is 44.1 Å². The number of hydrogen-bond acceptors (Lipinski definition) is 7. The fourth-order valence-electron chi connectivity index (χ4n) is 3.35. The second-order valence-corrected chi connectivity index (χ2v) is 6.98. The summed E-state index contributed by atoms with van der Waals surface area (Å²) in [4.78, 5) is 29.5. The van der Waals surface area contributed by atoms with E-state index in [1.165, 1.54) is 5.56 Å². The van der Waals surface area contributed by atoms with Crippen molar-refractivity contribution < 1.29 is 9.32 Å². The molecule has 0 aliphatic carbocycles. The average molecular weight is 392 g/mol. The first kappa shape index (κ1) is 19.0. The van der Waals surface area contributed by atoms with Gasteiger partial charge in [-0.25, -0.2) is 9.97 Å². The molecule has 1 aliphatic rings. The molecule has 0 radical (unpaired) electrons. The molecular weight excluding hydrogens is 368 g/mol. The molecule has 0 spiro atoms. The number of amides is 1. The molecule has 0 saturated carbocycles. The van der Waals surface area contributed by atoms with Crippen LogP contribution in [0.25, 0.3) is 11.4 Å². The lowest BCUT2D eigenvalue weighted by molar-refractivity contribution is -0.131. The topological polar surface area (TPSA) is 88.3 Å². The van der Waals surface area contributed by atoms with E-state index in [1.54, 1.807) is 18.5 Å². The van der Waals surface area contributed by atoms with Crippen molar-refractivity contribution in [2.45, 2.75) is 26.2 Å². The Morgan fingerprint density at radius 1 is 1.07 bits per heavy atom. The van der Waals surface area contributed by atoms with Crippen molar-refractivity contribution in [2.24, 2.45) is 0 Å².